The summed E-state index contributed by atoms with van der Waals surface area (Å²) in [6.07, 6.45) is 0. The second-order valence-corrected chi connectivity index (χ2v) is 3.21. The number of ether oxygens (including phenoxy) is 1. The van der Waals surface area contributed by atoms with Gasteiger partial charge >= 0.3 is 0 Å². The molecule has 0 spiro atoms. The van der Waals surface area contributed by atoms with E-state index in [0.717, 1.165) is 0 Å². The minimum atomic E-state index is -0.402. The Balaban J connectivity index is 0.00000144. The Kier molecular flexibility index (Phi) is 4.93. The molecule has 1 aromatic heterocycles. The SMILES string of the molecule is Cl.NCc1cc(COc2ccccc2F)on1. The van der Waals surface area contributed by atoms with Crippen LogP contribution in [0.2, 0.25) is 0 Å². The van der Waals surface area contributed by atoms with Crippen molar-refractivity contribution in [2.75, 3.05) is 0 Å². The minimum Gasteiger partial charge on any atom is -0.482 e. The lowest BCUT2D eigenvalue weighted by Crippen LogP contribution is -1.96. The van der Waals surface area contributed by atoms with E-state index in [2.05, 4.69) is 5.16 Å². The van der Waals surface area contributed by atoms with Crippen molar-refractivity contribution in [2.45, 2.75) is 13.2 Å². The lowest BCUT2D eigenvalue weighted by molar-refractivity contribution is 0.240. The summed E-state index contributed by atoms with van der Waals surface area (Å²) in [5, 5.41) is 3.70. The molecule has 2 rings (SSSR count). The van der Waals surface area contributed by atoms with Crippen LogP contribution in [0.4, 0.5) is 4.39 Å². The van der Waals surface area contributed by atoms with Crippen molar-refractivity contribution >= 4 is 12.4 Å². The summed E-state index contributed by atoms with van der Waals surface area (Å²) in [5.74, 6) is 0.304. The summed E-state index contributed by atoms with van der Waals surface area (Å²) < 4.78 is 23.3. The van der Waals surface area contributed by atoms with E-state index in [0.29, 0.717) is 18.0 Å². The third-order valence-corrected chi connectivity index (χ3v) is 2.02. The molecule has 92 valence electrons. The maximum atomic E-state index is 13.2. The van der Waals surface area contributed by atoms with Crippen molar-refractivity contribution in [1.82, 2.24) is 5.16 Å². The van der Waals surface area contributed by atoms with Crippen LogP contribution in [0.25, 0.3) is 0 Å². The van der Waals surface area contributed by atoms with E-state index in [4.69, 9.17) is 15.0 Å². The average Bonchev–Trinajstić information content (AvgIpc) is 2.76. The fourth-order valence-electron chi connectivity index (χ4n) is 1.23. The fraction of sp³-hybridized carbons (Fsp3) is 0.182. The molecule has 6 heteroatoms. The van der Waals surface area contributed by atoms with E-state index < -0.39 is 5.82 Å². The maximum Gasteiger partial charge on any atom is 0.174 e. The quantitative estimate of drug-likeness (QED) is 0.914. The smallest absolute Gasteiger partial charge is 0.174 e. The standard InChI is InChI=1S/C11H11FN2O2.ClH/c12-10-3-1-2-4-11(10)15-7-9-5-8(6-13)14-16-9;/h1-5H,6-7,13H2;1H. The van der Waals surface area contributed by atoms with Gasteiger partial charge in [-0.15, -0.1) is 12.4 Å². The number of nitrogens with two attached hydrogens (primary N) is 1. The van der Waals surface area contributed by atoms with Crippen molar-refractivity contribution < 1.29 is 13.7 Å². The van der Waals surface area contributed by atoms with Crippen molar-refractivity contribution in [3.63, 3.8) is 0 Å². The largest absolute Gasteiger partial charge is 0.482 e. The Hall–Kier alpha value is -1.59. The fourth-order valence-corrected chi connectivity index (χ4v) is 1.23. The van der Waals surface area contributed by atoms with Gasteiger partial charge in [-0.25, -0.2) is 4.39 Å². The lowest BCUT2D eigenvalue weighted by atomic mass is 10.3. The van der Waals surface area contributed by atoms with Gasteiger partial charge in [-0.2, -0.15) is 0 Å². The molecule has 0 atom stereocenters. The first-order valence-corrected chi connectivity index (χ1v) is 4.81. The Morgan fingerprint density at radius 1 is 1.35 bits per heavy atom. The summed E-state index contributed by atoms with van der Waals surface area (Å²) in [6, 6.07) is 7.87. The Bertz CT molecular complexity index is 476. The van der Waals surface area contributed by atoms with Gasteiger partial charge in [0, 0.05) is 12.6 Å². The topological polar surface area (TPSA) is 61.3 Å². The van der Waals surface area contributed by atoms with E-state index >= 15 is 0 Å². The second-order valence-electron chi connectivity index (χ2n) is 3.21. The van der Waals surface area contributed by atoms with Gasteiger partial charge in [0.05, 0.1) is 5.69 Å². The maximum absolute atomic E-state index is 13.2. The molecule has 0 unspecified atom stereocenters. The van der Waals surface area contributed by atoms with Crippen LogP contribution >= 0.6 is 12.4 Å². The molecule has 0 fully saturated rings. The Morgan fingerprint density at radius 3 is 2.76 bits per heavy atom. The van der Waals surface area contributed by atoms with Crippen molar-refractivity contribution in [3.8, 4) is 5.75 Å². The number of aromatic nitrogens is 1. The first-order chi connectivity index (χ1) is 7.79. The summed E-state index contributed by atoms with van der Waals surface area (Å²) in [6.45, 7) is 0.442. The molecular formula is C11H12ClFN2O2. The molecule has 1 aromatic carbocycles. The molecule has 2 N–H and O–H groups in total. The number of rotatable bonds is 4. The Morgan fingerprint density at radius 2 is 2.12 bits per heavy atom. The molecule has 0 bridgehead atoms. The highest BCUT2D eigenvalue weighted by Crippen LogP contribution is 2.17. The summed E-state index contributed by atoms with van der Waals surface area (Å²) >= 11 is 0. The molecule has 0 saturated carbocycles. The zero-order valence-corrected chi connectivity index (χ0v) is 9.74. The van der Waals surface area contributed by atoms with Gasteiger partial charge in [0.1, 0.15) is 6.61 Å². The number of nitrogens with zero attached hydrogens (tertiary/aromatic N) is 1. The first kappa shape index (κ1) is 13.5. The van der Waals surface area contributed by atoms with E-state index in [-0.39, 0.29) is 24.8 Å². The Labute approximate surface area is 104 Å². The van der Waals surface area contributed by atoms with Crippen LogP contribution in [0, 0.1) is 5.82 Å². The van der Waals surface area contributed by atoms with Crippen LogP contribution in [0.5, 0.6) is 5.75 Å². The van der Waals surface area contributed by atoms with Crippen LogP contribution in [0.3, 0.4) is 0 Å². The molecular weight excluding hydrogens is 247 g/mol. The van der Waals surface area contributed by atoms with E-state index in [9.17, 15) is 4.39 Å². The van der Waals surface area contributed by atoms with Gasteiger partial charge in [-0.1, -0.05) is 17.3 Å². The molecule has 0 aliphatic carbocycles. The highest BCUT2D eigenvalue weighted by molar-refractivity contribution is 5.85. The van der Waals surface area contributed by atoms with E-state index in [1.54, 1.807) is 24.3 Å². The highest BCUT2D eigenvalue weighted by atomic mass is 35.5. The molecule has 0 radical (unpaired) electrons. The number of para-hydroxylation sites is 1. The molecule has 0 saturated heterocycles. The monoisotopic (exact) mass is 258 g/mol. The number of halogens is 2. The van der Waals surface area contributed by atoms with Crippen LogP contribution in [-0.4, -0.2) is 5.16 Å². The highest BCUT2D eigenvalue weighted by Gasteiger charge is 2.06. The molecule has 0 amide bonds. The number of benzene rings is 1. The molecule has 0 aliphatic rings. The third kappa shape index (κ3) is 3.44. The van der Waals surface area contributed by atoms with Crippen LogP contribution in [0.15, 0.2) is 34.9 Å². The number of hydrogen-bond acceptors (Lipinski definition) is 4. The number of hydrogen-bond donors (Lipinski definition) is 1. The van der Waals surface area contributed by atoms with Gasteiger partial charge in [0.15, 0.2) is 17.3 Å². The zero-order chi connectivity index (χ0) is 11.4. The van der Waals surface area contributed by atoms with Gasteiger partial charge in [0.25, 0.3) is 0 Å². The van der Waals surface area contributed by atoms with Gasteiger partial charge in [-0.05, 0) is 12.1 Å². The van der Waals surface area contributed by atoms with Crippen molar-refractivity contribution in [2.24, 2.45) is 5.73 Å². The molecule has 2 aromatic rings. The predicted molar refractivity (Wildman–Crippen MR) is 62.4 cm³/mol. The molecule has 17 heavy (non-hydrogen) atoms. The molecule has 1 heterocycles. The third-order valence-electron chi connectivity index (χ3n) is 2.02. The van der Waals surface area contributed by atoms with Gasteiger partial charge in [-0.3, -0.25) is 0 Å². The van der Waals surface area contributed by atoms with Crippen LogP contribution in [0.1, 0.15) is 11.5 Å². The predicted octanol–water partition coefficient (Wildman–Crippen LogP) is 2.27. The van der Waals surface area contributed by atoms with Crippen molar-refractivity contribution in [3.05, 3.63) is 47.6 Å². The lowest BCUT2D eigenvalue weighted by Gasteiger charge is -2.03. The molecule has 0 aliphatic heterocycles. The summed E-state index contributed by atoms with van der Waals surface area (Å²) in [4.78, 5) is 0. The van der Waals surface area contributed by atoms with E-state index in [1.165, 1.54) is 6.07 Å². The van der Waals surface area contributed by atoms with Crippen LogP contribution < -0.4 is 10.5 Å². The van der Waals surface area contributed by atoms with Crippen molar-refractivity contribution in [1.29, 1.82) is 0 Å². The summed E-state index contributed by atoms with van der Waals surface area (Å²) in [5.41, 5.74) is 6.02. The normalized spacial score (nSPS) is 9.76. The summed E-state index contributed by atoms with van der Waals surface area (Å²) in [7, 11) is 0. The second kappa shape index (κ2) is 6.22. The zero-order valence-electron chi connectivity index (χ0n) is 8.93. The minimum absolute atomic E-state index is 0. The van der Waals surface area contributed by atoms with E-state index in [1.807, 2.05) is 0 Å². The molecule has 4 nitrogen and oxygen atoms in total. The van der Waals surface area contributed by atoms with Gasteiger partial charge in [0.2, 0.25) is 0 Å². The average molecular weight is 259 g/mol. The first-order valence-electron chi connectivity index (χ1n) is 4.81. The van der Waals surface area contributed by atoms with Crippen LogP contribution in [-0.2, 0) is 13.2 Å². The van der Waals surface area contributed by atoms with Gasteiger partial charge < -0.3 is 15.0 Å².